The van der Waals surface area contributed by atoms with Crippen LogP contribution in [0.4, 0.5) is 0 Å². The Morgan fingerprint density at radius 1 is 1.60 bits per heavy atom. The molecule has 0 spiro atoms. The molecule has 1 atom stereocenters. The zero-order chi connectivity index (χ0) is 7.56. The van der Waals surface area contributed by atoms with E-state index in [9.17, 15) is 0 Å². The quantitative estimate of drug-likeness (QED) is 0.636. The summed E-state index contributed by atoms with van der Waals surface area (Å²) >= 11 is 0. The number of rotatable bonds is 2. The first-order chi connectivity index (χ1) is 4.74. The van der Waals surface area contributed by atoms with Crippen molar-refractivity contribution in [3.8, 4) is 0 Å². The van der Waals surface area contributed by atoms with Gasteiger partial charge in [0.15, 0.2) is 0 Å². The van der Waals surface area contributed by atoms with Gasteiger partial charge in [0.25, 0.3) is 0 Å². The van der Waals surface area contributed by atoms with Gasteiger partial charge in [0, 0.05) is 0 Å². The van der Waals surface area contributed by atoms with Gasteiger partial charge in [0.2, 0.25) is 0 Å². The minimum atomic E-state index is -0.881. The summed E-state index contributed by atoms with van der Waals surface area (Å²) in [5, 5.41) is 17.5. The third-order valence-corrected chi connectivity index (χ3v) is 1.26. The molecule has 0 amide bonds. The van der Waals surface area contributed by atoms with E-state index < -0.39 is 6.10 Å². The number of furan rings is 1. The van der Waals surface area contributed by atoms with Crippen molar-refractivity contribution in [2.75, 3.05) is 6.61 Å². The minimum Gasteiger partial charge on any atom is -0.464 e. The summed E-state index contributed by atoms with van der Waals surface area (Å²) in [7, 11) is 0. The number of hydrogen-bond acceptors (Lipinski definition) is 3. The molecule has 56 valence electrons. The van der Waals surface area contributed by atoms with Crippen molar-refractivity contribution < 1.29 is 14.6 Å². The lowest BCUT2D eigenvalue weighted by Gasteiger charge is -2.00. The Morgan fingerprint density at radius 2 is 2.30 bits per heavy atom. The molecule has 1 unspecified atom stereocenters. The zero-order valence-electron chi connectivity index (χ0n) is 5.74. The van der Waals surface area contributed by atoms with E-state index in [4.69, 9.17) is 14.6 Å². The van der Waals surface area contributed by atoms with Crippen LogP contribution >= 0.6 is 0 Å². The number of aliphatic hydroxyl groups excluding tert-OH is 2. The third-order valence-electron chi connectivity index (χ3n) is 1.26. The van der Waals surface area contributed by atoms with Gasteiger partial charge in [0.05, 0.1) is 6.61 Å². The SMILES string of the molecule is Cc1ccc(C(O)CO)o1. The molecule has 1 heterocycles. The van der Waals surface area contributed by atoms with Crippen LogP contribution in [0.1, 0.15) is 17.6 Å². The van der Waals surface area contributed by atoms with Crippen molar-refractivity contribution in [1.82, 2.24) is 0 Å². The normalized spacial score (nSPS) is 13.5. The first kappa shape index (κ1) is 7.31. The van der Waals surface area contributed by atoms with Crippen molar-refractivity contribution >= 4 is 0 Å². The summed E-state index contributed by atoms with van der Waals surface area (Å²) in [6, 6.07) is 3.39. The maximum atomic E-state index is 9.00. The summed E-state index contributed by atoms with van der Waals surface area (Å²) in [4.78, 5) is 0. The number of aryl methyl sites for hydroxylation is 1. The smallest absolute Gasteiger partial charge is 0.135 e. The van der Waals surface area contributed by atoms with Gasteiger partial charge in [-0.1, -0.05) is 0 Å². The molecule has 10 heavy (non-hydrogen) atoms. The van der Waals surface area contributed by atoms with Crippen molar-refractivity contribution in [1.29, 1.82) is 0 Å². The second-order valence-corrected chi connectivity index (χ2v) is 2.15. The predicted octanol–water partition coefficient (Wildman–Crippen LogP) is 0.614. The summed E-state index contributed by atoms with van der Waals surface area (Å²) in [6.45, 7) is 1.49. The highest BCUT2D eigenvalue weighted by molar-refractivity contribution is 5.07. The molecule has 0 saturated heterocycles. The van der Waals surface area contributed by atoms with Gasteiger partial charge in [-0.15, -0.1) is 0 Å². The summed E-state index contributed by atoms with van der Waals surface area (Å²) < 4.78 is 5.03. The van der Waals surface area contributed by atoms with Crippen LogP contribution in [-0.2, 0) is 0 Å². The second-order valence-electron chi connectivity index (χ2n) is 2.15. The van der Waals surface area contributed by atoms with Crippen molar-refractivity contribution in [2.24, 2.45) is 0 Å². The van der Waals surface area contributed by atoms with Gasteiger partial charge in [-0.2, -0.15) is 0 Å². The topological polar surface area (TPSA) is 53.6 Å². The molecule has 1 aromatic rings. The van der Waals surface area contributed by atoms with Gasteiger partial charge in [-0.3, -0.25) is 0 Å². The fourth-order valence-electron chi connectivity index (χ4n) is 0.722. The van der Waals surface area contributed by atoms with E-state index >= 15 is 0 Å². The number of aliphatic hydroxyl groups is 2. The molecule has 0 aliphatic rings. The monoisotopic (exact) mass is 142 g/mol. The highest BCUT2D eigenvalue weighted by Gasteiger charge is 2.08. The van der Waals surface area contributed by atoms with Gasteiger partial charge >= 0.3 is 0 Å². The molecule has 1 aromatic heterocycles. The van der Waals surface area contributed by atoms with E-state index in [0.717, 1.165) is 5.76 Å². The van der Waals surface area contributed by atoms with E-state index in [1.807, 2.05) is 0 Å². The van der Waals surface area contributed by atoms with Crippen molar-refractivity contribution in [2.45, 2.75) is 13.0 Å². The molecule has 3 heteroatoms. The van der Waals surface area contributed by atoms with Gasteiger partial charge < -0.3 is 14.6 Å². The average Bonchev–Trinajstić information content (AvgIpc) is 2.34. The van der Waals surface area contributed by atoms with Crippen LogP contribution in [0.15, 0.2) is 16.5 Å². The molecule has 0 fully saturated rings. The molecule has 0 radical (unpaired) electrons. The van der Waals surface area contributed by atoms with Crippen LogP contribution in [0.2, 0.25) is 0 Å². The Bertz CT molecular complexity index is 204. The maximum Gasteiger partial charge on any atom is 0.135 e. The van der Waals surface area contributed by atoms with Gasteiger partial charge in [0.1, 0.15) is 17.6 Å². The van der Waals surface area contributed by atoms with Gasteiger partial charge in [-0.05, 0) is 19.1 Å². The standard InChI is InChI=1S/C7H10O3/c1-5-2-3-7(10-5)6(9)4-8/h2-3,6,8-9H,4H2,1H3. The lowest BCUT2D eigenvalue weighted by molar-refractivity contribution is 0.0769. The highest BCUT2D eigenvalue weighted by atomic mass is 16.4. The summed E-state index contributed by atoms with van der Waals surface area (Å²) in [5.41, 5.74) is 0. The lowest BCUT2D eigenvalue weighted by atomic mass is 10.3. The second kappa shape index (κ2) is 2.86. The number of hydrogen-bond donors (Lipinski definition) is 2. The third kappa shape index (κ3) is 1.37. The van der Waals surface area contributed by atoms with E-state index in [1.165, 1.54) is 0 Å². The Hall–Kier alpha value is -0.800. The molecule has 3 nitrogen and oxygen atoms in total. The fraction of sp³-hybridized carbons (Fsp3) is 0.429. The molecule has 1 rings (SSSR count). The molecule has 0 saturated carbocycles. The van der Waals surface area contributed by atoms with Crippen LogP contribution < -0.4 is 0 Å². The van der Waals surface area contributed by atoms with Crippen LogP contribution in [-0.4, -0.2) is 16.8 Å². The van der Waals surface area contributed by atoms with Crippen LogP contribution in [0.25, 0.3) is 0 Å². The minimum absolute atomic E-state index is 0.299. The van der Waals surface area contributed by atoms with E-state index in [1.54, 1.807) is 19.1 Å². The first-order valence-electron chi connectivity index (χ1n) is 3.09. The predicted molar refractivity (Wildman–Crippen MR) is 35.5 cm³/mol. The summed E-state index contributed by atoms with van der Waals surface area (Å²) in [6.07, 6.45) is -0.881. The van der Waals surface area contributed by atoms with E-state index in [0.29, 0.717) is 5.76 Å². The molecule has 2 N–H and O–H groups in total. The van der Waals surface area contributed by atoms with Gasteiger partial charge in [-0.25, -0.2) is 0 Å². The highest BCUT2D eigenvalue weighted by Crippen LogP contribution is 2.14. The molecular weight excluding hydrogens is 132 g/mol. The Morgan fingerprint density at radius 3 is 2.70 bits per heavy atom. The Kier molecular flexibility index (Phi) is 2.09. The van der Waals surface area contributed by atoms with E-state index in [-0.39, 0.29) is 6.61 Å². The Balaban J connectivity index is 2.74. The molecule has 0 bridgehead atoms. The van der Waals surface area contributed by atoms with Crippen molar-refractivity contribution in [3.05, 3.63) is 23.7 Å². The van der Waals surface area contributed by atoms with Crippen LogP contribution in [0.3, 0.4) is 0 Å². The van der Waals surface area contributed by atoms with Crippen molar-refractivity contribution in [3.63, 3.8) is 0 Å². The fourth-order valence-corrected chi connectivity index (χ4v) is 0.722. The average molecular weight is 142 g/mol. The zero-order valence-corrected chi connectivity index (χ0v) is 5.74. The van der Waals surface area contributed by atoms with E-state index in [2.05, 4.69) is 0 Å². The summed E-state index contributed by atoms with van der Waals surface area (Å²) in [5.74, 6) is 1.16. The van der Waals surface area contributed by atoms with Crippen LogP contribution in [0.5, 0.6) is 0 Å². The molecule has 0 aliphatic carbocycles. The lowest BCUT2D eigenvalue weighted by Crippen LogP contribution is -1.99. The van der Waals surface area contributed by atoms with Crippen LogP contribution in [0, 0.1) is 6.92 Å². The maximum absolute atomic E-state index is 9.00. The largest absolute Gasteiger partial charge is 0.464 e. The Labute approximate surface area is 58.9 Å². The molecule has 0 aliphatic heterocycles. The molecule has 0 aromatic carbocycles. The molecular formula is C7H10O3. The first-order valence-corrected chi connectivity index (χ1v) is 3.09.